The predicted molar refractivity (Wildman–Crippen MR) is 95.2 cm³/mol. The number of benzene rings is 2. The van der Waals surface area contributed by atoms with Gasteiger partial charge in [0, 0.05) is 50.0 Å². The van der Waals surface area contributed by atoms with Gasteiger partial charge in [-0.05, 0) is 18.2 Å². The van der Waals surface area contributed by atoms with Crippen LogP contribution in [0.5, 0.6) is 5.75 Å². The van der Waals surface area contributed by atoms with E-state index < -0.39 is 11.6 Å². The number of methoxy groups -OCH3 is 1. The molecule has 0 radical (unpaired) electrons. The number of carbonyl (C=O) groups is 1. The molecular formula is C19H21F2N3O2. The Balaban J connectivity index is 1.53. The van der Waals surface area contributed by atoms with Crippen molar-refractivity contribution in [3.8, 4) is 5.75 Å². The summed E-state index contributed by atoms with van der Waals surface area (Å²) in [5.74, 6) is -1.07. The summed E-state index contributed by atoms with van der Waals surface area (Å²) in [6.45, 7) is 3.32. The maximum absolute atomic E-state index is 13.2. The number of rotatable bonds is 4. The number of hydrogen-bond donors (Lipinski definition) is 1. The van der Waals surface area contributed by atoms with Crippen LogP contribution in [0.3, 0.4) is 0 Å². The second kappa shape index (κ2) is 8.14. The fourth-order valence-electron chi connectivity index (χ4n) is 2.96. The first-order valence-corrected chi connectivity index (χ1v) is 8.42. The SMILES string of the molecule is COc1ccccc1CN1CCN(C(=O)Nc2ccc(F)c(F)c2)CC1. The van der Waals surface area contributed by atoms with E-state index >= 15 is 0 Å². The number of hydrogen-bond acceptors (Lipinski definition) is 3. The van der Waals surface area contributed by atoms with Crippen molar-refractivity contribution in [2.24, 2.45) is 0 Å². The number of anilines is 1. The fraction of sp³-hybridized carbons (Fsp3) is 0.316. The molecule has 0 bridgehead atoms. The van der Waals surface area contributed by atoms with Gasteiger partial charge >= 0.3 is 6.03 Å². The standard InChI is InChI=1S/C19H21F2N3O2/c1-26-18-5-3-2-4-14(18)13-23-8-10-24(11-9-23)19(25)22-15-6-7-16(20)17(21)12-15/h2-7,12H,8-11,13H2,1H3,(H,22,25). The lowest BCUT2D eigenvalue weighted by atomic mass is 10.1. The van der Waals surface area contributed by atoms with Crippen LogP contribution in [0.2, 0.25) is 0 Å². The lowest BCUT2D eigenvalue weighted by Gasteiger charge is -2.34. The maximum Gasteiger partial charge on any atom is 0.321 e. The van der Waals surface area contributed by atoms with Crippen molar-refractivity contribution in [2.75, 3.05) is 38.6 Å². The predicted octanol–water partition coefficient (Wildman–Crippen LogP) is 3.32. The molecule has 1 saturated heterocycles. The van der Waals surface area contributed by atoms with E-state index in [2.05, 4.69) is 10.2 Å². The molecule has 0 unspecified atom stereocenters. The molecule has 26 heavy (non-hydrogen) atoms. The number of amides is 2. The lowest BCUT2D eigenvalue weighted by Crippen LogP contribution is -2.49. The quantitative estimate of drug-likeness (QED) is 0.909. The van der Waals surface area contributed by atoms with E-state index in [1.807, 2.05) is 24.3 Å². The molecule has 1 aliphatic heterocycles. The Kier molecular flexibility index (Phi) is 5.68. The van der Waals surface area contributed by atoms with Crippen LogP contribution in [-0.4, -0.2) is 49.1 Å². The molecule has 0 aliphatic carbocycles. The number of para-hydroxylation sites is 1. The molecule has 3 rings (SSSR count). The van der Waals surface area contributed by atoms with Gasteiger partial charge in [-0.3, -0.25) is 4.90 Å². The van der Waals surface area contributed by atoms with Gasteiger partial charge < -0.3 is 15.0 Å². The Morgan fingerprint density at radius 3 is 2.50 bits per heavy atom. The molecule has 138 valence electrons. The largest absolute Gasteiger partial charge is 0.496 e. The average Bonchev–Trinajstić information content (AvgIpc) is 2.66. The van der Waals surface area contributed by atoms with E-state index in [1.165, 1.54) is 6.07 Å². The van der Waals surface area contributed by atoms with Crippen molar-refractivity contribution < 1.29 is 18.3 Å². The van der Waals surface area contributed by atoms with Crippen molar-refractivity contribution in [3.63, 3.8) is 0 Å². The van der Waals surface area contributed by atoms with Gasteiger partial charge in [-0.2, -0.15) is 0 Å². The number of nitrogens with zero attached hydrogens (tertiary/aromatic N) is 2. The number of piperazine rings is 1. The highest BCUT2D eigenvalue weighted by atomic mass is 19.2. The van der Waals surface area contributed by atoms with Crippen molar-refractivity contribution in [1.82, 2.24) is 9.80 Å². The summed E-state index contributed by atoms with van der Waals surface area (Å²) in [5.41, 5.74) is 1.35. The highest BCUT2D eigenvalue weighted by Gasteiger charge is 2.22. The van der Waals surface area contributed by atoms with Crippen LogP contribution in [-0.2, 0) is 6.54 Å². The van der Waals surface area contributed by atoms with Gasteiger partial charge in [0.1, 0.15) is 5.75 Å². The Labute approximate surface area is 151 Å². The van der Waals surface area contributed by atoms with Gasteiger partial charge in [0.15, 0.2) is 11.6 Å². The molecule has 2 aromatic carbocycles. The molecular weight excluding hydrogens is 340 g/mol. The van der Waals surface area contributed by atoms with Crippen molar-refractivity contribution in [2.45, 2.75) is 6.54 Å². The van der Waals surface area contributed by atoms with E-state index in [0.29, 0.717) is 13.1 Å². The average molecular weight is 361 g/mol. The van der Waals surface area contributed by atoms with Gasteiger partial charge in [0.05, 0.1) is 7.11 Å². The molecule has 0 spiro atoms. The van der Waals surface area contributed by atoms with Crippen molar-refractivity contribution in [1.29, 1.82) is 0 Å². The molecule has 7 heteroatoms. The summed E-state index contributed by atoms with van der Waals surface area (Å²) in [4.78, 5) is 16.2. The highest BCUT2D eigenvalue weighted by Crippen LogP contribution is 2.20. The van der Waals surface area contributed by atoms with Crippen LogP contribution >= 0.6 is 0 Å². The number of ether oxygens (including phenoxy) is 1. The summed E-state index contributed by atoms with van der Waals surface area (Å²) in [6.07, 6.45) is 0. The van der Waals surface area contributed by atoms with E-state index in [9.17, 15) is 13.6 Å². The first kappa shape index (κ1) is 18.1. The van der Waals surface area contributed by atoms with Crippen LogP contribution in [0, 0.1) is 11.6 Å². The maximum atomic E-state index is 13.2. The molecule has 1 aliphatic rings. The van der Waals surface area contributed by atoms with Crippen LogP contribution in [0.4, 0.5) is 19.3 Å². The summed E-state index contributed by atoms with van der Waals surface area (Å²) < 4.78 is 31.6. The van der Waals surface area contributed by atoms with Crippen LogP contribution < -0.4 is 10.1 Å². The Bertz CT molecular complexity index is 777. The third-order valence-corrected chi connectivity index (χ3v) is 4.42. The zero-order chi connectivity index (χ0) is 18.5. The second-order valence-corrected chi connectivity index (χ2v) is 6.13. The minimum atomic E-state index is -0.982. The molecule has 1 heterocycles. The topological polar surface area (TPSA) is 44.8 Å². The van der Waals surface area contributed by atoms with E-state index in [-0.39, 0.29) is 11.7 Å². The van der Waals surface area contributed by atoms with E-state index in [0.717, 1.165) is 43.1 Å². The molecule has 0 atom stereocenters. The second-order valence-electron chi connectivity index (χ2n) is 6.13. The third kappa shape index (κ3) is 4.29. The molecule has 0 aromatic heterocycles. The molecule has 1 fully saturated rings. The number of carbonyl (C=O) groups excluding carboxylic acids is 1. The van der Waals surface area contributed by atoms with Crippen LogP contribution in [0.1, 0.15) is 5.56 Å². The minimum Gasteiger partial charge on any atom is -0.496 e. The lowest BCUT2D eigenvalue weighted by molar-refractivity contribution is 0.142. The van der Waals surface area contributed by atoms with Crippen LogP contribution in [0.15, 0.2) is 42.5 Å². The Hall–Kier alpha value is -2.67. The van der Waals surface area contributed by atoms with Crippen molar-refractivity contribution >= 4 is 11.7 Å². The molecule has 0 saturated carbocycles. The number of halogens is 2. The Morgan fingerprint density at radius 2 is 1.81 bits per heavy atom. The zero-order valence-corrected chi connectivity index (χ0v) is 14.5. The van der Waals surface area contributed by atoms with Gasteiger partial charge in [0.2, 0.25) is 0 Å². The molecule has 1 N–H and O–H groups in total. The number of urea groups is 1. The summed E-state index contributed by atoms with van der Waals surface area (Å²) in [6, 6.07) is 10.9. The smallest absolute Gasteiger partial charge is 0.321 e. The first-order valence-electron chi connectivity index (χ1n) is 8.42. The Morgan fingerprint density at radius 1 is 1.08 bits per heavy atom. The van der Waals surface area contributed by atoms with Gasteiger partial charge in [0.25, 0.3) is 0 Å². The summed E-state index contributed by atoms with van der Waals surface area (Å²) >= 11 is 0. The van der Waals surface area contributed by atoms with Crippen molar-refractivity contribution in [3.05, 3.63) is 59.7 Å². The zero-order valence-electron chi connectivity index (χ0n) is 14.5. The number of nitrogens with one attached hydrogen (secondary N) is 1. The van der Waals surface area contributed by atoms with Gasteiger partial charge in [-0.15, -0.1) is 0 Å². The highest BCUT2D eigenvalue weighted by molar-refractivity contribution is 5.89. The molecule has 5 nitrogen and oxygen atoms in total. The van der Waals surface area contributed by atoms with Gasteiger partial charge in [-0.25, -0.2) is 13.6 Å². The summed E-state index contributed by atoms with van der Waals surface area (Å²) in [7, 11) is 1.65. The van der Waals surface area contributed by atoms with Gasteiger partial charge in [-0.1, -0.05) is 18.2 Å². The third-order valence-electron chi connectivity index (χ3n) is 4.42. The molecule has 2 amide bonds. The normalized spacial score (nSPS) is 15.0. The fourth-order valence-corrected chi connectivity index (χ4v) is 2.96. The summed E-state index contributed by atoms with van der Waals surface area (Å²) in [5, 5.41) is 2.60. The van der Waals surface area contributed by atoms with E-state index in [4.69, 9.17) is 4.74 Å². The first-order chi connectivity index (χ1) is 12.6. The monoisotopic (exact) mass is 361 g/mol. The van der Waals surface area contributed by atoms with Crippen LogP contribution in [0.25, 0.3) is 0 Å². The van der Waals surface area contributed by atoms with E-state index in [1.54, 1.807) is 12.0 Å². The minimum absolute atomic E-state index is 0.241. The molecule has 2 aromatic rings.